The van der Waals surface area contributed by atoms with Gasteiger partial charge in [-0.05, 0) is 17.5 Å². The van der Waals surface area contributed by atoms with Gasteiger partial charge < -0.3 is 10.2 Å². The van der Waals surface area contributed by atoms with Crippen LogP contribution in [0.25, 0.3) is 0 Å². The van der Waals surface area contributed by atoms with Crippen LogP contribution in [-0.2, 0) is 6.61 Å². The average molecular weight is 166 g/mol. The van der Waals surface area contributed by atoms with Crippen LogP contribution in [0.15, 0.2) is 24.3 Å². The minimum atomic E-state index is -0.451. The lowest BCUT2D eigenvalue weighted by atomic mass is 10.0. The van der Waals surface area contributed by atoms with Crippen LogP contribution in [0.5, 0.6) is 0 Å². The third-order valence-corrected chi connectivity index (χ3v) is 1.97. The first-order valence-corrected chi connectivity index (χ1v) is 4.16. The largest absolute Gasteiger partial charge is 0.392 e. The summed E-state index contributed by atoms with van der Waals surface area (Å²) in [7, 11) is 0. The SMILES string of the molecule is CCC(O)c1ccccc1CO. The predicted octanol–water partition coefficient (Wildman–Crippen LogP) is 1.62. The molecule has 0 saturated heterocycles. The number of benzene rings is 1. The van der Waals surface area contributed by atoms with E-state index in [0.717, 1.165) is 11.1 Å². The van der Waals surface area contributed by atoms with Crippen LogP contribution >= 0.6 is 0 Å². The molecular formula is C10H14O2. The summed E-state index contributed by atoms with van der Waals surface area (Å²) in [5.41, 5.74) is 1.65. The molecular weight excluding hydrogens is 152 g/mol. The molecule has 1 unspecified atom stereocenters. The molecule has 0 aromatic heterocycles. The molecule has 1 aromatic carbocycles. The van der Waals surface area contributed by atoms with Crippen molar-refractivity contribution in [3.05, 3.63) is 35.4 Å². The Kier molecular flexibility index (Phi) is 3.26. The Labute approximate surface area is 72.5 Å². The first-order valence-electron chi connectivity index (χ1n) is 4.16. The smallest absolute Gasteiger partial charge is 0.0790 e. The maximum atomic E-state index is 9.53. The van der Waals surface area contributed by atoms with Crippen LogP contribution in [0.4, 0.5) is 0 Å². The highest BCUT2D eigenvalue weighted by Gasteiger charge is 2.07. The molecule has 1 rings (SSSR count). The van der Waals surface area contributed by atoms with Crippen molar-refractivity contribution in [1.29, 1.82) is 0 Å². The molecule has 0 spiro atoms. The van der Waals surface area contributed by atoms with Crippen molar-refractivity contribution in [2.24, 2.45) is 0 Å². The Morgan fingerprint density at radius 2 is 2.00 bits per heavy atom. The average Bonchev–Trinajstić information content (AvgIpc) is 2.16. The van der Waals surface area contributed by atoms with Gasteiger partial charge in [0.25, 0.3) is 0 Å². The van der Waals surface area contributed by atoms with Gasteiger partial charge in [-0.1, -0.05) is 31.2 Å². The Balaban J connectivity index is 2.96. The number of rotatable bonds is 3. The van der Waals surface area contributed by atoms with Crippen molar-refractivity contribution < 1.29 is 10.2 Å². The highest BCUT2D eigenvalue weighted by Crippen LogP contribution is 2.20. The summed E-state index contributed by atoms with van der Waals surface area (Å²) in [4.78, 5) is 0. The standard InChI is InChI=1S/C10H14O2/c1-2-10(12)9-6-4-3-5-8(9)7-11/h3-6,10-12H,2,7H2,1H3. The van der Waals surface area contributed by atoms with Gasteiger partial charge in [-0.25, -0.2) is 0 Å². The summed E-state index contributed by atoms with van der Waals surface area (Å²) in [6, 6.07) is 7.40. The normalized spacial score (nSPS) is 12.9. The van der Waals surface area contributed by atoms with E-state index in [9.17, 15) is 5.11 Å². The zero-order valence-electron chi connectivity index (χ0n) is 7.20. The van der Waals surface area contributed by atoms with Crippen molar-refractivity contribution >= 4 is 0 Å². The molecule has 12 heavy (non-hydrogen) atoms. The number of aliphatic hydroxyl groups excluding tert-OH is 2. The second-order valence-electron chi connectivity index (χ2n) is 2.78. The number of aliphatic hydroxyl groups is 2. The van der Waals surface area contributed by atoms with E-state index in [1.165, 1.54) is 0 Å². The topological polar surface area (TPSA) is 40.5 Å². The summed E-state index contributed by atoms with van der Waals surface area (Å²) in [6.45, 7) is 1.91. The molecule has 0 aliphatic heterocycles. The third kappa shape index (κ3) is 1.84. The molecule has 2 N–H and O–H groups in total. The lowest BCUT2D eigenvalue weighted by Gasteiger charge is -2.11. The van der Waals surface area contributed by atoms with Crippen molar-refractivity contribution in [3.63, 3.8) is 0 Å². The van der Waals surface area contributed by atoms with Gasteiger partial charge >= 0.3 is 0 Å². The Hall–Kier alpha value is -0.860. The molecule has 1 atom stereocenters. The van der Waals surface area contributed by atoms with Crippen molar-refractivity contribution in [2.75, 3.05) is 0 Å². The lowest BCUT2D eigenvalue weighted by Crippen LogP contribution is -2.00. The zero-order valence-corrected chi connectivity index (χ0v) is 7.20. The van der Waals surface area contributed by atoms with E-state index in [-0.39, 0.29) is 6.61 Å². The maximum Gasteiger partial charge on any atom is 0.0790 e. The summed E-state index contributed by atoms with van der Waals surface area (Å²) >= 11 is 0. The van der Waals surface area contributed by atoms with Gasteiger partial charge in [-0.3, -0.25) is 0 Å². The van der Waals surface area contributed by atoms with Crippen LogP contribution in [0.2, 0.25) is 0 Å². The zero-order chi connectivity index (χ0) is 8.97. The number of hydrogen-bond acceptors (Lipinski definition) is 2. The molecule has 0 amide bonds. The van der Waals surface area contributed by atoms with E-state index >= 15 is 0 Å². The summed E-state index contributed by atoms with van der Waals surface area (Å²) in [6.07, 6.45) is 0.227. The Morgan fingerprint density at radius 3 is 2.58 bits per heavy atom. The van der Waals surface area contributed by atoms with E-state index in [1.54, 1.807) is 0 Å². The minimum absolute atomic E-state index is 0.00671. The van der Waals surface area contributed by atoms with Crippen LogP contribution in [0, 0.1) is 0 Å². The number of hydrogen-bond donors (Lipinski definition) is 2. The first-order chi connectivity index (χ1) is 5.79. The fraction of sp³-hybridized carbons (Fsp3) is 0.400. The molecule has 2 heteroatoms. The molecule has 2 nitrogen and oxygen atoms in total. The van der Waals surface area contributed by atoms with E-state index in [4.69, 9.17) is 5.11 Å². The molecule has 0 aliphatic carbocycles. The minimum Gasteiger partial charge on any atom is -0.392 e. The first kappa shape index (κ1) is 9.23. The van der Waals surface area contributed by atoms with Crippen LogP contribution in [0.3, 0.4) is 0 Å². The fourth-order valence-corrected chi connectivity index (χ4v) is 1.22. The molecule has 0 fully saturated rings. The second kappa shape index (κ2) is 4.24. The van der Waals surface area contributed by atoms with Gasteiger partial charge in [0.15, 0.2) is 0 Å². The summed E-state index contributed by atoms with van der Waals surface area (Å²) in [5.74, 6) is 0. The van der Waals surface area contributed by atoms with Gasteiger partial charge in [0.2, 0.25) is 0 Å². The van der Waals surface area contributed by atoms with Gasteiger partial charge in [-0.15, -0.1) is 0 Å². The van der Waals surface area contributed by atoms with E-state index in [0.29, 0.717) is 6.42 Å². The monoisotopic (exact) mass is 166 g/mol. The molecule has 0 aliphatic rings. The molecule has 66 valence electrons. The molecule has 0 bridgehead atoms. The Bertz CT molecular complexity index is 245. The Morgan fingerprint density at radius 1 is 1.33 bits per heavy atom. The van der Waals surface area contributed by atoms with Gasteiger partial charge in [0.1, 0.15) is 0 Å². The second-order valence-corrected chi connectivity index (χ2v) is 2.78. The molecule has 0 radical (unpaired) electrons. The van der Waals surface area contributed by atoms with E-state index in [2.05, 4.69) is 0 Å². The molecule has 0 saturated carbocycles. The summed E-state index contributed by atoms with van der Waals surface area (Å²) < 4.78 is 0. The maximum absolute atomic E-state index is 9.53. The van der Waals surface area contributed by atoms with Crippen molar-refractivity contribution in [3.8, 4) is 0 Å². The van der Waals surface area contributed by atoms with Gasteiger partial charge in [0, 0.05) is 0 Å². The van der Waals surface area contributed by atoms with Gasteiger partial charge in [-0.2, -0.15) is 0 Å². The van der Waals surface area contributed by atoms with E-state index < -0.39 is 6.10 Å². The van der Waals surface area contributed by atoms with Crippen molar-refractivity contribution in [1.82, 2.24) is 0 Å². The summed E-state index contributed by atoms with van der Waals surface area (Å²) in [5, 5.41) is 18.5. The quantitative estimate of drug-likeness (QED) is 0.716. The predicted molar refractivity (Wildman–Crippen MR) is 47.6 cm³/mol. The van der Waals surface area contributed by atoms with Crippen LogP contribution in [-0.4, -0.2) is 10.2 Å². The fourth-order valence-electron chi connectivity index (χ4n) is 1.22. The third-order valence-electron chi connectivity index (χ3n) is 1.97. The molecule has 0 heterocycles. The lowest BCUT2D eigenvalue weighted by molar-refractivity contribution is 0.169. The van der Waals surface area contributed by atoms with Crippen LogP contribution in [0.1, 0.15) is 30.6 Å². The van der Waals surface area contributed by atoms with E-state index in [1.807, 2.05) is 31.2 Å². The van der Waals surface area contributed by atoms with Gasteiger partial charge in [0.05, 0.1) is 12.7 Å². The highest BCUT2D eigenvalue weighted by molar-refractivity contribution is 5.28. The highest BCUT2D eigenvalue weighted by atomic mass is 16.3. The van der Waals surface area contributed by atoms with Crippen LogP contribution < -0.4 is 0 Å². The van der Waals surface area contributed by atoms with Crippen molar-refractivity contribution in [2.45, 2.75) is 26.1 Å². The molecule has 1 aromatic rings.